The lowest BCUT2D eigenvalue weighted by molar-refractivity contribution is 0.594. The molecular formula is C21H20. The van der Waals surface area contributed by atoms with Crippen molar-refractivity contribution in [3.05, 3.63) is 71.8 Å². The molecule has 0 bridgehead atoms. The standard InChI is InChI=1S/C21H20/c1-21(2,3)20-15-17(14-13-16-9-7-8-10-16)18-11-5-4-6-12-19(18)20/h4-12,15-16H,1-3H3. The van der Waals surface area contributed by atoms with E-state index in [2.05, 4.69) is 93.3 Å². The van der Waals surface area contributed by atoms with E-state index in [1.807, 2.05) is 0 Å². The van der Waals surface area contributed by atoms with Gasteiger partial charge >= 0.3 is 0 Å². The second kappa shape index (κ2) is 5.26. The Bertz CT molecular complexity index is 730. The molecule has 0 spiro atoms. The molecule has 21 heavy (non-hydrogen) atoms. The van der Waals surface area contributed by atoms with E-state index in [4.69, 9.17) is 0 Å². The van der Waals surface area contributed by atoms with Crippen LogP contribution in [-0.2, 0) is 5.41 Å². The summed E-state index contributed by atoms with van der Waals surface area (Å²) in [5.74, 6) is 6.98. The lowest BCUT2D eigenvalue weighted by Crippen LogP contribution is -2.10. The first-order chi connectivity index (χ1) is 10.1. The Morgan fingerprint density at radius 1 is 0.905 bits per heavy atom. The number of rotatable bonds is 0. The van der Waals surface area contributed by atoms with E-state index in [0.29, 0.717) is 0 Å². The van der Waals surface area contributed by atoms with E-state index in [-0.39, 0.29) is 11.3 Å². The molecule has 0 aliphatic heterocycles. The second-order valence-electron chi connectivity index (χ2n) is 6.52. The minimum absolute atomic E-state index is 0.125. The van der Waals surface area contributed by atoms with E-state index in [1.54, 1.807) is 0 Å². The van der Waals surface area contributed by atoms with E-state index in [1.165, 1.54) is 16.7 Å². The van der Waals surface area contributed by atoms with Gasteiger partial charge < -0.3 is 0 Å². The zero-order valence-corrected chi connectivity index (χ0v) is 12.9. The average Bonchev–Trinajstić information content (AvgIpc) is 2.98. The average molecular weight is 272 g/mol. The van der Waals surface area contributed by atoms with E-state index in [0.717, 1.165) is 5.56 Å². The topological polar surface area (TPSA) is 0 Å². The van der Waals surface area contributed by atoms with Crippen LogP contribution in [0.15, 0.2) is 60.7 Å². The molecule has 0 heteroatoms. The first kappa shape index (κ1) is 13.7. The van der Waals surface area contributed by atoms with Gasteiger partial charge in [-0.15, -0.1) is 0 Å². The Morgan fingerprint density at radius 3 is 2.24 bits per heavy atom. The number of hydrogen-bond acceptors (Lipinski definition) is 0. The highest BCUT2D eigenvalue weighted by Gasteiger charge is 2.23. The predicted molar refractivity (Wildman–Crippen MR) is 90.4 cm³/mol. The molecule has 0 unspecified atom stereocenters. The predicted octanol–water partition coefficient (Wildman–Crippen LogP) is 5.18. The van der Waals surface area contributed by atoms with Crippen molar-refractivity contribution < 1.29 is 0 Å². The van der Waals surface area contributed by atoms with Crippen molar-refractivity contribution in [3.63, 3.8) is 0 Å². The van der Waals surface area contributed by atoms with Crippen molar-refractivity contribution in [2.45, 2.75) is 26.2 Å². The van der Waals surface area contributed by atoms with Gasteiger partial charge in [0.1, 0.15) is 0 Å². The maximum atomic E-state index is 3.38. The smallest absolute Gasteiger partial charge is 0.0573 e. The van der Waals surface area contributed by atoms with Gasteiger partial charge in [-0.2, -0.15) is 0 Å². The highest BCUT2D eigenvalue weighted by Crippen LogP contribution is 2.38. The summed E-state index contributed by atoms with van der Waals surface area (Å²) in [4.78, 5) is 0. The monoisotopic (exact) mass is 272 g/mol. The molecule has 0 radical (unpaired) electrons. The second-order valence-corrected chi connectivity index (χ2v) is 6.52. The summed E-state index contributed by atoms with van der Waals surface area (Å²) >= 11 is 0. The van der Waals surface area contributed by atoms with Crippen LogP contribution in [0.3, 0.4) is 0 Å². The molecular weight excluding hydrogens is 252 g/mol. The highest BCUT2D eigenvalue weighted by molar-refractivity contribution is 5.79. The first-order valence-electron chi connectivity index (χ1n) is 7.44. The van der Waals surface area contributed by atoms with E-state index < -0.39 is 0 Å². The van der Waals surface area contributed by atoms with Crippen molar-refractivity contribution in [1.82, 2.24) is 0 Å². The van der Waals surface area contributed by atoms with Crippen LogP contribution in [0.25, 0.3) is 11.1 Å². The minimum atomic E-state index is 0.125. The van der Waals surface area contributed by atoms with Crippen molar-refractivity contribution in [1.29, 1.82) is 0 Å². The lowest BCUT2D eigenvalue weighted by Gasteiger charge is -2.18. The molecule has 0 amide bonds. The fraction of sp³-hybridized carbons (Fsp3) is 0.238. The Labute approximate surface area is 127 Å². The van der Waals surface area contributed by atoms with Crippen LogP contribution >= 0.6 is 0 Å². The van der Waals surface area contributed by atoms with E-state index >= 15 is 0 Å². The lowest BCUT2D eigenvalue weighted by atomic mass is 9.86. The van der Waals surface area contributed by atoms with Crippen molar-refractivity contribution in [2.24, 2.45) is 5.92 Å². The normalized spacial score (nSPS) is 14.4. The molecule has 0 nitrogen and oxygen atoms in total. The Hall–Kier alpha value is -2.26. The van der Waals surface area contributed by atoms with Gasteiger partial charge in [-0.3, -0.25) is 0 Å². The van der Waals surface area contributed by atoms with Gasteiger partial charge in [0.25, 0.3) is 0 Å². The third kappa shape index (κ3) is 2.78. The van der Waals surface area contributed by atoms with Crippen LogP contribution in [0, 0.1) is 17.8 Å². The summed E-state index contributed by atoms with van der Waals surface area (Å²) in [5, 5.41) is 0. The summed E-state index contributed by atoms with van der Waals surface area (Å²) in [5.41, 5.74) is 5.20. The number of hydrogen-bond donors (Lipinski definition) is 0. The van der Waals surface area contributed by atoms with Crippen LogP contribution in [0.5, 0.6) is 0 Å². The number of fused-ring (bicyclic) bond motifs is 1. The molecule has 0 atom stereocenters. The quantitative estimate of drug-likeness (QED) is 0.579. The fourth-order valence-electron chi connectivity index (χ4n) is 2.73. The first-order valence-corrected chi connectivity index (χ1v) is 7.44. The van der Waals surface area contributed by atoms with Gasteiger partial charge in [-0.05, 0) is 28.2 Å². The van der Waals surface area contributed by atoms with Crippen LogP contribution in [0.1, 0.15) is 31.9 Å². The Kier molecular flexibility index (Phi) is 3.43. The molecule has 0 saturated carbocycles. The maximum absolute atomic E-state index is 3.38. The summed E-state index contributed by atoms with van der Waals surface area (Å²) in [7, 11) is 0. The fourth-order valence-corrected chi connectivity index (χ4v) is 2.73. The minimum Gasteiger partial charge on any atom is -0.0861 e. The van der Waals surface area contributed by atoms with Crippen LogP contribution in [0.4, 0.5) is 0 Å². The molecule has 3 rings (SSSR count). The SMILES string of the molecule is CC(C)(C)c1cc(C#CC2C=CC=C2)c2cccccc1-2. The van der Waals surface area contributed by atoms with Crippen LogP contribution in [-0.4, -0.2) is 0 Å². The molecule has 0 heterocycles. The van der Waals surface area contributed by atoms with Gasteiger partial charge in [0.05, 0.1) is 5.92 Å². The largest absolute Gasteiger partial charge is 0.0861 e. The summed E-state index contributed by atoms with van der Waals surface area (Å²) < 4.78 is 0. The highest BCUT2D eigenvalue weighted by atomic mass is 14.3. The van der Waals surface area contributed by atoms with Gasteiger partial charge in [0.2, 0.25) is 0 Å². The zero-order valence-electron chi connectivity index (χ0n) is 12.9. The molecule has 0 fully saturated rings. The summed E-state index contributed by atoms with van der Waals surface area (Å²) in [6.45, 7) is 6.78. The Balaban J connectivity index is 2.11. The molecule has 3 aliphatic carbocycles. The van der Waals surface area contributed by atoms with Gasteiger partial charge in [0, 0.05) is 5.56 Å². The maximum Gasteiger partial charge on any atom is 0.0573 e. The zero-order chi connectivity index (χ0) is 14.9. The molecule has 0 aromatic carbocycles. The van der Waals surface area contributed by atoms with Crippen molar-refractivity contribution >= 4 is 0 Å². The summed E-state index contributed by atoms with van der Waals surface area (Å²) in [6.07, 6.45) is 8.37. The molecule has 3 aliphatic rings. The summed E-state index contributed by atoms with van der Waals surface area (Å²) in [6, 6.07) is 12.9. The molecule has 0 aromatic rings. The Morgan fingerprint density at radius 2 is 1.57 bits per heavy atom. The van der Waals surface area contributed by atoms with Crippen LogP contribution < -0.4 is 0 Å². The van der Waals surface area contributed by atoms with E-state index in [9.17, 15) is 0 Å². The molecule has 104 valence electrons. The molecule has 0 N–H and O–H groups in total. The van der Waals surface area contributed by atoms with Crippen molar-refractivity contribution in [2.75, 3.05) is 0 Å². The van der Waals surface area contributed by atoms with Gasteiger partial charge in [-0.1, -0.05) is 87.2 Å². The van der Waals surface area contributed by atoms with Crippen molar-refractivity contribution in [3.8, 4) is 23.0 Å². The van der Waals surface area contributed by atoms with Crippen LogP contribution in [0.2, 0.25) is 0 Å². The van der Waals surface area contributed by atoms with Gasteiger partial charge in [0.15, 0.2) is 0 Å². The van der Waals surface area contributed by atoms with Gasteiger partial charge in [-0.25, -0.2) is 0 Å². The number of allylic oxidation sites excluding steroid dienone is 4. The third-order valence-electron chi connectivity index (χ3n) is 3.84. The molecule has 0 aromatic heterocycles. The molecule has 0 saturated heterocycles. The third-order valence-corrected chi connectivity index (χ3v) is 3.84.